The van der Waals surface area contributed by atoms with Gasteiger partial charge in [0, 0.05) is 23.1 Å². The van der Waals surface area contributed by atoms with Gasteiger partial charge in [0.05, 0.1) is 4.90 Å². The molecular formula is C25H22N4O7S. The zero-order chi connectivity index (χ0) is 26.0. The fraction of sp³-hybridized carbons (Fsp3) is 0.160. The molecule has 2 aromatic heterocycles. The van der Waals surface area contributed by atoms with E-state index in [2.05, 4.69) is 20.0 Å². The number of amides is 1. The van der Waals surface area contributed by atoms with Gasteiger partial charge < -0.3 is 23.9 Å². The van der Waals surface area contributed by atoms with Crippen LogP contribution in [0.5, 0.6) is 17.2 Å². The predicted octanol–water partition coefficient (Wildman–Crippen LogP) is 4.05. The topological polar surface area (TPSA) is 142 Å². The zero-order valence-corrected chi connectivity index (χ0v) is 20.7. The minimum Gasteiger partial charge on any atom is -0.486 e. The molecule has 0 bridgehead atoms. The van der Waals surface area contributed by atoms with Crippen molar-refractivity contribution in [3.63, 3.8) is 0 Å². The number of furan rings is 1. The number of aryl methyl sites for hydroxylation is 2. The van der Waals surface area contributed by atoms with Crippen LogP contribution in [0.1, 0.15) is 27.7 Å². The third-order valence-electron chi connectivity index (χ3n) is 5.24. The summed E-state index contributed by atoms with van der Waals surface area (Å²) in [5, 5.41) is 2.67. The van der Waals surface area contributed by atoms with Crippen molar-refractivity contribution >= 4 is 27.6 Å². The first-order valence-corrected chi connectivity index (χ1v) is 12.6. The molecule has 11 nitrogen and oxygen atoms in total. The standard InChI is InChI=1S/C25H22N4O7S/c1-15-11-16(2)27-25(26-15)29-37(31,32)20-7-3-17(4-8-20)28-24(30)22-10-6-19(36-22)13-33-18-5-9-21-23(12-18)35-14-34-21/h3-12H,13-14H2,1-2H3,(H,28,30)(H,26,27,29). The third kappa shape index (κ3) is 5.64. The van der Waals surface area contributed by atoms with E-state index in [0.717, 1.165) is 0 Å². The van der Waals surface area contributed by atoms with Crippen LogP contribution in [0.2, 0.25) is 0 Å². The number of carbonyl (C=O) groups excluding carboxylic acids is 1. The van der Waals surface area contributed by atoms with E-state index in [1.165, 1.54) is 30.3 Å². The summed E-state index contributed by atoms with van der Waals surface area (Å²) in [5.41, 5.74) is 1.67. The Morgan fingerprint density at radius 2 is 1.68 bits per heavy atom. The smallest absolute Gasteiger partial charge is 0.291 e. The highest BCUT2D eigenvalue weighted by Crippen LogP contribution is 2.35. The zero-order valence-electron chi connectivity index (χ0n) is 19.8. The van der Waals surface area contributed by atoms with Gasteiger partial charge in [-0.25, -0.2) is 23.1 Å². The summed E-state index contributed by atoms with van der Waals surface area (Å²) >= 11 is 0. The minimum atomic E-state index is -3.91. The number of fused-ring (bicyclic) bond motifs is 1. The normalized spacial score (nSPS) is 12.3. The highest BCUT2D eigenvalue weighted by Gasteiger charge is 2.18. The molecule has 4 aromatic rings. The molecule has 1 amide bonds. The molecule has 0 fully saturated rings. The second-order valence-corrected chi connectivity index (χ2v) is 9.81. The lowest BCUT2D eigenvalue weighted by molar-refractivity contribution is 0.0992. The number of benzene rings is 2. The third-order valence-corrected chi connectivity index (χ3v) is 6.59. The lowest BCUT2D eigenvalue weighted by Gasteiger charge is -2.09. The molecule has 0 radical (unpaired) electrons. The number of rotatable bonds is 8. The SMILES string of the molecule is Cc1cc(C)nc(NS(=O)(=O)c2ccc(NC(=O)c3ccc(COc4ccc5c(c4)OCO5)o3)cc2)n1. The Hall–Kier alpha value is -4.58. The van der Waals surface area contributed by atoms with Crippen molar-refractivity contribution in [3.05, 3.63) is 83.6 Å². The highest BCUT2D eigenvalue weighted by atomic mass is 32.2. The first kappa shape index (κ1) is 24.1. The van der Waals surface area contributed by atoms with E-state index < -0.39 is 15.9 Å². The molecule has 0 saturated heterocycles. The molecule has 2 N–H and O–H groups in total. The van der Waals surface area contributed by atoms with Crippen LogP contribution in [0.15, 0.2) is 70.0 Å². The van der Waals surface area contributed by atoms with Crippen molar-refractivity contribution in [3.8, 4) is 17.2 Å². The van der Waals surface area contributed by atoms with Gasteiger partial charge in [-0.15, -0.1) is 0 Å². The fourth-order valence-electron chi connectivity index (χ4n) is 3.56. The molecule has 190 valence electrons. The Bertz CT molecular complexity index is 1550. The number of hydrogen-bond acceptors (Lipinski definition) is 9. The van der Waals surface area contributed by atoms with E-state index in [4.69, 9.17) is 18.6 Å². The minimum absolute atomic E-state index is 0.00536. The van der Waals surface area contributed by atoms with E-state index in [9.17, 15) is 13.2 Å². The van der Waals surface area contributed by atoms with Crippen molar-refractivity contribution < 1.29 is 31.8 Å². The van der Waals surface area contributed by atoms with Gasteiger partial charge in [0.2, 0.25) is 12.7 Å². The van der Waals surface area contributed by atoms with Crippen molar-refractivity contribution in [1.29, 1.82) is 0 Å². The maximum absolute atomic E-state index is 12.7. The number of carbonyl (C=O) groups is 1. The van der Waals surface area contributed by atoms with E-state index in [1.807, 2.05) is 0 Å². The summed E-state index contributed by atoms with van der Waals surface area (Å²) in [6, 6.07) is 15.8. The van der Waals surface area contributed by atoms with Gasteiger partial charge in [0.25, 0.3) is 15.9 Å². The van der Waals surface area contributed by atoms with Gasteiger partial charge in [-0.1, -0.05) is 0 Å². The fourth-order valence-corrected chi connectivity index (χ4v) is 4.50. The van der Waals surface area contributed by atoms with E-state index in [-0.39, 0.29) is 30.0 Å². The van der Waals surface area contributed by atoms with Crippen LogP contribution in [0, 0.1) is 13.8 Å². The molecule has 37 heavy (non-hydrogen) atoms. The molecule has 12 heteroatoms. The van der Waals surface area contributed by atoms with Gasteiger partial charge in [0.15, 0.2) is 17.3 Å². The highest BCUT2D eigenvalue weighted by molar-refractivity contribution is 7.92. The quantitative estimate of drug-likeness (QED) is 0.350. The molecule has 5 rings (SSSR count). The van der Waals surface area contributed by atoms with Crippen LogP contribution in [-0.4, -0.2) is 31.1 Å². The van der Waals surface area contributed by atoms with E-state index >= 15 is 0 Å². The maximum Gasteiger partial charge on any atom is 0.291 e. The van der Waals surface area contributed by atoms with Crippen molar-refractivity contribution in [2.75, 3.05) is 16.8 Å². The lowest BCUT2D eigenvalue weighted by Crippen LogP contribution is -2.16. The molecule has 0 saturated carbocycles. The van der Waals surface area contributed by atoms with Crippen LogP contribution in [0.3, 0.4) is 0 Å². The van der Waals surface area contributed by atoms with Crippen molar-refractivity contribution in [2.45, 2.75) is 25.3 Å². The number of nitrogens with zero attached hydrogens (tertiary/aromatic N) is 2. The van der Waals surface area contributed by atoms with Gasteiger partial charge in [0.1, 0.15) is 18.1 Å². The largest absolute Gasteiger partial charge is 0.486 e. The second-order valence-electron chi connectivity index (χ2n) is 8.13. The molecule has 2 aromatic carbocycles. The molecule has 3 heterocycles. The Labute approximate surface area is 212 Å². The first-order chi connectivity index (χ1) is 17.7. The Balaban J connectivity index is 1.18. The number of hydrogen-bond donors (Lipinski definition) is 2. The first-order valence-electron chi connectivity index (χ1n) is 11.1. The van der Waals surface area contributed by atoms with Crippen molar-refractivity contribution in [1.82, 2.24) is 9.97 Å². The van der Waals surface area contributed by atoms with Gasteiger partial charge in [-0.2, -0.15) is 0 Å². The molecule has 0 spiro atoms. The van der Waals surface area contributed by atoms with Crippen LogP contribution in [0.25, 0.3) is 0 Å². The van der Waals surface area contributed by atoms with Gasteiger partial charge >= 0.3 is 0 Å². The number of nitrogens with one attached hydrogen (secondary N) is 2. The monoisotopic (exact) mass is 522 g/mol. The average molecular weight is 523 g/mol. The Kier molecular flexibility index (Phi) is 6.40. The lowest BCUT2D eigenvalue weighted by atomic mass is 10.3. The Morgan fingerprint density at radius 3 is 2.43 bits per heavy atom. The van der Waals surface area contributed by atoms with Gasteiger partial charge in [-0.3, -0.25) is 4.79 Å². The molecule has 1 aliphatic heterocycles. The molecule has 0 atom stereocenters. The summed E-state index contributed by atoms with van der Waals surface area (Å²) in [7, 11) is -3.91. The van der Waals surface area contributed by atoms with Crippen molar-refractivity contribution in [2.24, 2.45) is 0 Å². The summed E-state index contributed by atoms with van der Waals surface area (Å²) in [4.78, 5) is 20.8. The van der Waals surface area contributed by atoms with Gasteiger partial charge in [-0.05, 0) is 68.4 Å². The number of aromatic nitrogens is 2. The number of sulfonamides is 1. The summed E-state index contributed by atoms with van der Waals surface area (Å²) < 4.78 is 49.6. The van der Waals surface area contributed by atoms with Crippen LogP contribution < -0.4 is 24.2 Å². The van der Waals surface area contributed by atoms with Crippen LogP contribution in [0.4, 0.5) is 11.6 Å². The van der Waals surface area contributed by atoms with Crippen LogP contribution >= 0.6 is 0 Å². The molecule has 0 aliphatic carbocycles. The summed E-state index contributed by atoms with van der Waals surface area (Å²) in [5.74, 6) is 1.85. The van der Waals surface area contributed by atoms with Crippen LogP contribution in [-0.2, 0) is 16.6 Å². The summed E-state index contributed by atoms with van der Waals surface area (Å²) in [6.07, 6.45) is 0. The molecule has 0 unspecified atom stereocenters. The predicted molar refractivity (Wildman–Crippen MR) is 132 cm³/mol. The average Bonchev–Trinajstić information content (AvgIpc) is 3.51. The molecule has 1 aliphatic rings. The number of anilines is 2. The summed E-state index contributed by atoms with van der Waals surface area (Å²) in [6.45, 7) is 3.78. The maximum atomic E-state index is 12.7. The second kappa shape index (κ2) is 9.82. The Morgan fingerprint density at radius 1 is 0.946 bits per heavy atom. The van der Waals surface area contributed by atoms with E-state index in [1.54, 1.807) is 44.2 Å². The number of ether oxygens (including phenoxy) is 3. The van der Waals surface area contributed by atoms with E-state index in [0.29, 0.717) is 40.1 Å². The molecular weight excluding hydrogens is 500 g/mol.